The van der Waals surface area contributed by atoms with Crippen molar-refractivity contribution in [1.29, 1.82) is 0 Å². The number of rotatable bonds is 6. The van der Waals surface area contributed by atoms with Gasteiger partial charge in [-0.05, 0) is 6.92 Å². The van der Waals surface area contributed by atoms with Crippen LogP contribution in [0.4, 0.5) is 11.5 Å². The lowest BCUT2D eigenvalue weighted by atomic mass is 10.2. The summed E-state index contributed by atoms with van der Waals surface area (Å²) in [6, 6.07) is 1.86. The number of hydrogen-bond acceptors (Lipinski definition) is 5. The summed E-state index contributed by atoms with van der Waals surface area (Å²) in [4.78, 5) is 4.14. The Morgan fingerprint density at radius 1 is 1.47 bits per heavy atom. The molecule has 1 aromatic rings. The third kappa shape index (κ3) is 3.38. The molecule has 1 aromatic heterocycles. The van der Waals surface area contributed by atoms with Gasteiger partial charge in [-0.3, -0.25) is 0 Å². The molecular weight excluding hydrogens is 194 g/mol. The first-order valence-corrected chi connectivity index (χ1v) is 4.88. The maximum Gasteiger partial charge on any atom is 0.129 e. The van der Waals surface area contributed by atoms with Crippen molar-refractivity contribution in [2.75, 3.05) is 31.0 Å². The van der Waals surface area contributed by atoms with E-state index in [1.165, 1.54) is 0 Å². The molecule has 15 heavy (non-hydrogen) atoms. The highest BCUT2D eigenvalue weighted by molar-refractivity contribution is 5.57. The van der Waals surface area contributed by atoms with Crippen LogP contribution in [-0.2, 0) is 11.3 Å². The quantitative estimate of drug-likeness (QED) is 0.613. The van der Waals surface area contributed by atoms with E-state index in [2.05, 4.69) is 15.6 Å². The lowest BCUT2D eigenvalue weighted by Crippen LogP contribution is -2.07. The number of nitrogens with one attached hydrogen (secondary N) is 2. The third-order valence-electron chi connectivity index (χ3n) is 1.92. The zero-order valence-corrected chi connectivity index (χ0v) is 9.08. The average Bonchev–Trinajstić information content (AvgIpc) is 2.27. The molecule has 84 valence electrons. The van der Waals surface area contributed by atoms with Crippen molar-refractivity contribution in [1.82, 2.24) is 4.98 Å². The maximum atomic E-state index is 9.09. The number of aromatic nitrogens is 1. The van der Waals surface area contributed by atoms with Crippen molar-refractivity contribution < 1.29 is 9.84 Å². The van der Waals surface area contributed by atoms with E-state index in [-0.39, 0.29) is 6.61 Å². The van der Waals surface area contributed by atoms with E-state index in [1.54, 1.807) is 13.3 Å². The molecule has 3 N–H and O–H groups in total. The smallest absolute Gasteiger partial charge is 0.129 e. The van der Waals surface area contributed by atoms with E-state index in [0.29, 0.717) is 6.73 Å². The molecular formula is C10H17N3O2. The highest BCUT2D eigenvalue weighted by Gasteiger charge is 2.02. The van der Waals surface area contributed by atoms with E-state index < -0.39 is 0 Å². The molecule has 1 rings (SSSR count). The van der Waals surface area contributed by atoms with Crippen molar-refractivity contribution in [2.45, 2.75) is 13.5 Å². The van der Waals surface area contributed by atoms with E-state index >= 15 is 0 Å². The maximum absolute atomic E-state index is 9.09. The predicted molar refractivity (Wildman–Crippen MR) is 59.8 cm³/mol. The highest BCUT2D eigenvalue weighted by atomic mass is 16.5. The Hall–Kier alpha value is -1.33. The Balaban J connectivity index is 2.79. The number of aliphatic hydroxyl groups is 1. The number of nitrogens with zero attached hydrogens (tertiary/aromatic N) is 1. The van der Waals surface area contributed by atoms with Crippen molar-refractivity contribution in [2.24, 2.45) is 0 Å². The number of methoxy groups -OCH3 is 1. The zero-order valence-electron chi connectivity index (χ0n) is 9.08. The molecule has 0 saturated heterocycles. The van der Waals surface area contributed by atoms with Gasteiger partial charge in [0.1, 0.15) is 12.5 Å². The topological polar surface area (TPSA) is 66.4 Å². The lowest BCUT2D eigenvalue weighted by molar-refractivity contribution is 0.221. The van der Waals surface area contributed by atoms with Crippen LogP contribution in [0.2, 0.25) is 0 Å². The predicted octanol–water partition coefficient (Wildman–Crippen LogP) is 1.02. The van der Waals surface area contributed by atoms with Gasteiger partial charge in [0.15, 0.2) is 0 Å². The minimum Gasteiger partial charge on any atom is -0.392 e. The van der Waals surface area contributed by atoms with Crippen LogP contribution in [0.3, 0.4) is 0 Å². The Labute approximate surface area is 89.5 Å². The van der Waals surface area contributed by atoms with Gasteiger partial charge in [-0.2, -0.15) is 0 Å². The molecule has 0 amide bonds. The van der Waals surface area contributed by atoms with Crippen LogP contribution in [0.1, 0.15) is 12.5 Å². The number of pyridine rings is 1. The standard InChI is InChI=1S/C10H17N3O2/c1-3-11-9-4-10(13-7-15-2)12-5-8(9)6-14/h4-5,14H,3,6-7H2,1-2H3,(H2,11,12,13). The minimum absolute atomic E-state index is 0.0140. The van der Waals surface area contributed by atoms with Gasteiger partial charge < -0.3 is 20.5 Å². The van der Waals surface area contributed by atoms with Gasteiger partial charge in [-0.15, -0.1) is 0 Å². The monoisotopic (exact) mass is 211 g/mol. The van der Waals surface area contributed by atoms with Crippen LogP contribution in [0, 0.1) is 0 Å². The SMILES string of the molecule is CCNc1cc(NCOC)ncc1CO. The molecule has 0 aromatic carbocycles. The fourth-order valence-electron chi connectivity index (χ4n) is 1.21. The third-order valence-corrected chi connectivity index (χ3v) is 1.92. The molecule has 0 radical (unpaired) electrons. The van der Waals surface area contributed by atoms with Crippen molar-refractivity contribution in [3.63, 3.8) is 0 Å². The molecule has 1 heterocycles. The van der Waals surface area contributed by atoms with Gasteiger partial charge in [0.25, 0.3) is 0 Å². The normalized spacial score (nSPS) is 10.1. The lowest BCUT2D eigenvalue weighted by Gasteiger charge is -2.11. The Morgan fingerprint density at radius 3 is 2.87 bits per heavy atom. The average molecular weight is 211 g/mol. The van der Waals surface area contributed by atoms with Crippen LogP contribution >= 0.6 is 0 Å². The molecule has 0 aliphatic heterocycles. The summed E-state index contributed by atoms with van der Waals surface area (Å²) in [6.45, 7) is 3.21. The highest BCUT2D eigenvalue weighted by Crippen LogP contribution is 2.18. The van der Waals surface area contributed by atoms with Crippen LogP contribution < -0.4 is 10.6 Å². The largest absolute Gasteiger partial charge is 0.392 e. The first-order valence-electron chi connectivity index (χ1n) is 4.88. The molecule has 0 saturated carbocycles. The Kier molecular flexibility index (Phi) is 4.86. The first kappa shape index (κ1) is 11.7. The van der Waals surface area contributed by atoms with Gasteiger partial charge in [0.05, 0.1) is 6.61 Å². The summed E-state index contributed by atoms with van der Waals surface area (Å²) in [5.74, 6) is 0.727. The van der Waals surface area contributed by atoms with E-state index in [9.17, 15) is 0 Å². The molecule has 5 nitrogen and oxygen atoms in total. The fourth-order valence-corrected chi connectivity index (χ4v) is 1.21. The van der Waals surface area contributed by atoms with Gasteiger partial charge in [0, 0.05) is 37.2 Å². The van der Waals surface area contributed by atoms with Crippen LogP contribution in [-0.4, -0.2) is 30.5 Å². The molecule has 0 bridgehead atoms. The summed E-state index contributed by atoms with van der Waals surface area (Å²) in [7, 11) is 1.61. The minimum atomic E-state index is -0.0140. The Morgan fingerprint density at radius 2 is 2.27 bits per heavy atom. The summed E-state index contributed by atoms with van der Waals surface area (Å²) >= 11 is 0. The van der Waals surface area contributed by atoms with Gasteiger partial charge >= 0.3 is 0 Å². The number of ether oxygens (including phenoxy) is 1. The zero-order chi connectivity index (χ0) is 11.1. The summed E-state index contributed by atoms with van der Waals surface area (Å²) < 4.78 is 4.88. The molecule has 0 atom stereocenters. The first-order chi connectivity index (χ1) is 7.31. The molecule has 0 aliphatic rings. The second kappa shape index (κ2) is 6.21. The van der Waals surface area contributed by atoms with Crippen LogP contribution in [0.15, 0.2) is 12.3 Å². The Bertz CT molecular complexity index is 305. The van der Waals surface area contributed by atoms with Crippen LogP contribution in [0.5, 0.6) is 0 Å². The second-order valence-electron chi connectivity index (χ2n) is 3.02. The van der Waals surface area contributed by atoms with E-state index in [4.69, 9.17) is 9.84 Å². The van der Waals surface area contributed by atoms with Crippen molar-refractivity contribution >= 4 is 11.5 Å². The molecule has 5 heteroatoms. The van der Waals surface area contributed by atoms with Crippen molar-refractivity contribution in [3.8, 4) is 0 Å². The molecule has 0 unspecified atom stereocenters. The summed E-state index contributed by atoms with van der Waals surface area (Å²) in [5, 5.41) is 15.2. The van der Waals surface area contributed by atoms with Crippen molar-refractivity contribution in [3.05, 3.63) is 17.8 Å². The van der Waals surface area contributed by atoms with E-state index in [1.807, 2.05) is 13.0 Å². The van der Waals surface area contributed by atoms with Gasteiger partial charge in [0.2, 0.25) is 0 Å². The fraction of sp³-hybridized carbons (Fsp3) is 0.500. The van der Waals surface area contributed by atoms with Gasteiger partial charge in [-0.25, -0.2) is 4.98 Å². The van der Waals surface area contributed by atoms with Crippen LogP contribution in [0.25, 0.3) is 0 Å². The molecule has 0 spiro atoms. The molecule has 0 aliphatic carbocycles. The van der Waals surface area contributed by atoms with Gasteiger partial charge in [-0.1, -0.05) is 0 Å². The number of aliphatic hydroxyl groups excluding tert-OH is 1. The summed E-state index contributed by atoms with van der Waals surface area (Å²) in [5.41, 5.74) is 1.69. The summed E-state index contributed by atoms with van der Waals surface area (Å²) in [6.07, 6.45) is 1.65. The van der Waals surface area contributed by atoms with E-state index in [0.717, 1.165) is 23.6 Å². The number of anilines is 2. The molecule has 0 fully saturated rings. The number of hydrogen-bond donors (Lipinski definition) is 3. The second-order valence-corrected chi connectivity index (χ2v) is 3.02.